The Morgan fingerprint density at radius 2 is 1.60 bits per heavy atom. The molecule has 0 N–H and O–H groups in total. The van der Waals surface area contributed by atoms with Crippen molar-refractivity contribution in [2.45, 2.75) is 0 Å². The number of halogens is 2. The molecule has 1 aromatic carbocycles. The highest BCUT2D eigenvalue weighted by Gasteiger charge is 2.07. The minimum atomic E-state index is 0.522. The molecule has 84 valence electrons. The first-order valence-electron chi connectivity index (χ1n) is 4.33. The molecule has 0 heterocycles. The number of hydrogen-bond donors (Lipinski definition) is 0. The fraction of sp³-hybridized carbons (Fsp3) is 0.400. The van der Waals surface area contributed by atoms with E-state index in [0.29, 0.717) is 13.2 Å². The van der Waals surface area contributed by atoms with E-state index in [1.54, 1.807) is 14.2 Å². The summed E-state index contributed by atoms with van der Waals surface area (Å²) in [6, 6.07) is 3.71. The van der Waals surface area contributed by atoms with Crippen LogP contribution in [-0.4, -0.2) is 27.4 Å². The molecular weight excluding hydrogens is 328 g/mol. The number of rotatable bonds is 5. The van der Waals surface area contributed by atoms with Gasteiger partial charge in [-0.3, -0.25) is 0 Å². The average Bonchev–Trinajstić information content (AvgIpc) is 2.23. The molecule has 0 fully saturated rings. The first-order chi connectivity index (χ1) is 7.19. The minimum Gasteiger partial charge on any atom is -0.496 e. The molecule has 0 amide bonds. The van der Waals surface area contributed by atoms with E-state index in [2.05, 4.69) is 31.9 Å². The lowest BCUT2D eigenvalue weighted by Crippen LogP contribution is -2.04. The van der Waals surface area contributed by atoms with Gasteiger partial charge in [0.25, 0.3) is 0 Å². The molecule has 0 aliphatic heterocycles. The monoisotopic (exact) mass is 338 g/mol. The predicted molar refractivity (Wildman–Crippen MR) is 65.8 cm³/mol. The highest BCUT2D eigenvalue weighted by atomic mass is 79.9. The Labute approximate surface area is 106 Å². The third-order valence-corrected chi connectivity index (χ3v) is 2.99. The maximum Gasteiger partial charge on any atom is 0.134 e. The molecule has 15 heavy (non-hydrogen) atoms. The van der Waals surface area contributed by atoms with Crippen molar-refractivity contribution < 1.29 is 14.2 Å². The van der Waals surface area contributed by atoms with Gasteiger partial charge in [-0.15, -0.1) is 0 Å². The Kier molecular flexibility index (Phi) is 5.42. The molecule has 0 atom stereocenters. The van der Waals surface area contributed by atoms with Crippen LogP contribution in [0, 0.1) is 0 Å². The van der Waals surface area contributed by atoms with Gasteiger partial charge in [0.2, 0.25) is 0 Å². The fourth-order valence-corrected chi connectivity index (χ4v) is 1.93. The molecule has 0 aliphatic rings. The Hall–Kier alpha value is -0.260. The summed E-state index contributed by atoms with van der Waals surface area (Å²) in [7, 11) is 3.26. The minimum absolute atomic E-state index is 0.522. The molecule has 0 bridgehead atoms. The first-order valence-corrected chi connectivity index (χ1v) is 5.92. The zero-order valence-corrected chi connectivity index (χ0v) is 11.7. The van der Waals surface area contributed by atoms with Crippen molar-refractivity contribution in [3.05, 3.63) is 21.1 Å². The molecule has 0 aliphatic carbocycles. The van der Waals surface area contributed by atoms with Gasteiger partial charge in [-0.1, -0.05) is 0 Å². The molecule has 0 unspecified atom stereocenters. The average molecular weight is 340 g/mol. The van der Waals surface area contributed by atoms with Gasteiger partial charge in [0.05, 0.1) is 22.7 Å². The van der Waals surface area contributed by atoms with E-state index < -0.39 is 0 Å². The SMILES string of the molecule is COCCOc1cc(Br)c(OC)cc1Br. The van der Waals surface area contributed by atoms with Crippen molar-refractivity contribution >= 4 is 31.9 Å². The van der Waals surface area contributed by atoms with Crippen LogP contribution in [-0.2, 0) is 4.74 Å². The van der Waals surface area contributed by atoms with Crippen LogP contribution in [0.4, 0.5) is 0 Å². The lowest BCUT2D eigenvalue weighted by molar-refractivity contribution is 0.146. The molecule has 1 aromatic rings. The normalized spacial score (nSPS) is 10.1. The summed E-state index contributed by atoms with van der Waals surface area (Å²) in [5.74, 6) is 1.53. The van der Waals surface area contributed by atoms with Gasteiger partial charge in [-0.2, -0.15) is 0 Å². The zero-order valence-electron chi connectivity index (χ0n) is 8.55. The van der Waals surface area contributed by atoms with Crippen LogP contribution < -0.4 is 9.47 Å². The number of benzene rings is 1. The number of ether oxygens (including phenoxy) is 3. The molecule has 5 heteroatoms. The van der Waals surface area contributed by atoms with Gasteiger partial charge in [0.1, 0.15) is 18.1 Å². The number of methoxy groups -OCH3 is 2. The third kappa shape index (κ3) is 3.66. The maximum atomic E-state index is 5.50. The van der Waals surface area contributed by atoms with Crippen molar-refractivity contribution in [1.29, 1.82) is 0 Å². The summed E-state index contributed by atoms with van der Waals surface area (Å²) in [6.07, 6.45) is 0. The van der Waals surface area contributed by atoms with Gasteiger partial charge in [-0.05, 0) is 44.0 Å². The smallest absolute Gasteiger partial charge is 0.134 e. The van der Waals surface area contributed by atoms with Gasteiger partial charge < -0.3 is 14.2 Å². The van der Waals surface area contributed by atoms with Crippen molar-refractivity contribution in [3.8, 4) is 11.5 Å². The lowest BCUT2D eigenvalue weighted by atomic mass is 10.3. The van der Waals surface area contributed by atoms with E-state index in [1.807, 2.05) is 12.1 Å². The van der Waals surface area contributed by atoms with E-state index in [-0.39, 0.29) is 0 Å². The lowest BCUT2D eigenvalue weighted by Gasteiger charge is -2.10. The molecule has 0 radical (unpaired) electrons. The standard InChI is InChI=1S/C10H12Br2O3/c1-13-3-4-15-10-6-7(11)9(14-2)5-8(10)12/h5-6H,3-4H2,1-2H3. The Morgan fingerprint density at radius 1 is 1.00 bits per heavy atom. The van der Waals surface area contributed by atoms with Crippen LogP contribution in [0.2, 0.25) is 0 Å². The van der Waals surface area contributed by atoms with Crippen LogP contribution in [0.3, 0.4) is 0 Å². The highest BCUT2D eigenvalue weighted by Crippen LogP contribution is 2.35. The summed E-state index contributed by atoms with van der Waals surface area (Å²) in [5, 5.41) is 0. The Bertz CT molecular complexity index is 329. The van der Waals surface area contributed by atoms with Gasteiger partial charge in [0.15, 0.2) is 0 Å². The van der Waals surface area contributed by atoms with Crippen LogP contribution in [0.15, 0.2) is 21.1 Å². The highest BCUT2D eigenvalue weighted by molar-refractivity contribution is 9.11. The second-order valence-electron chi connectivity index (χ2n) is 2.76. The fourth-order valence-electron chi connectivity index (χ4n) is 1.01. The molecular formula is C10H12Br2O3. The Morgan fingerprint density at radius 3 is 2.20 bits per heavy atom. The van der Waals surface area contributed by atoms with Crippen molar-refractivity contribution in [3.63, 3.8) is 0 Å². The van der Waals surface area contributed by atoms with E-state index in [0.717, 1.165) is 20.4 Å². The maximum absolute atomic E-state index is 5.50. The quantitative estimate of drug-likeness (QED) is 0.771. The molecule has 0 spiro atoms. The summed E-state index contributed by atoms with van der Waals surface area (Å²) < 4.78 is 17.3. The van der Waals surface area contributed by atoms with Crippen molar-refractivity contribution in [2.24, 2.45) is 0 Å². The Balaban J connectivity index is 2.76. The topological polar surface area (TPSA) is 27.7 Å². The molecule has 3 nitrogen and oxygen atoms in total. The van der Waals surface area contributed by atoms with E-state index in [1.165, 1.54) is 0 Å². The van der Waals surface area contributed by atoms with Crippen molar-refractivity contribution in [2.75, 3.05) is 27.4 Å². The number of hydrogen-bond acceptors (Lipinski definition) is 3. The largest absolute Gasteiger partial charge is 0.496 e. The van der Waals surface area contributed by atoms with Crippen LogP contribution in [0.1, 0.15) is 0 Å². The van der Waals surface area contributed by atoms with Crippen LogP contribution >= 0.6 is 31.9 Å². The van der Waals surface area contributed by atoms with Gasteiger partial charge in [-0.25, -0.2) is 0 Å². The third-order valence-electron chi connectivity index (χ3n) is 1.75. The second kappa shape index (κ2) is 6.35. The van der Waals surface area contributed by atoms with Gasteiger partial charge in [0, 0.05) is 7.11 Å². The molecule has 0 saturated carbocycles. The summed E-state index contributed by atoms with van der Waals surface area (Å²) >= 11 is 6.80. The first kappa shape index (κ1) is 12.8. The van der Waals surface area contributed by atoms with Crippen molar-refractivity contribution in [1.82, 2.24) is 0 Å². The van der Waals surface area contributed by atoms with Gasteiger partial charge >= 0.3 is 0 Å². The van der Waals surface area contributed by atoms with Crippen LogP contribution in [0.25, 0.3) is 0 Å². The van der Waals surface area contributed by atoms with Crippen LogP contribution in [0.5, 0.6) is 11.5 Å². The molecule has 0 saturated heterocycles. The summed E-state index contributed by atoms with van der Waals surface area (Å²) in [5.41, 5.74) is 0. The summed E-state index contributed by atoms with van der Waals surface area (Å²) in [4.78, 5) is 0. The summed E-state index contributed by atoms with van der Waals surface area (Å²) in [6.45, 7) is 1.09. The molecule has 0 aromatic heterocycles. The predicted octanol–water partition coefficient (Wildman–Crippen LogP) is 3.25. The van der Waals surface area contributed by atoms with E-state index in [9.17, 15) is 0 Å². The molecule has 1 rings (SSSR count). The van der Waals surface area contributed by atoms with E-state index >= 15 is 0 Å². The van der Waals surface area contributed by atoms with E-state index in [4.69, 9.17) is 14.2 Å². The zero-order chi connectivity index (χ0) is 11.3. The second-order valence-corrected chi connectivity index (χ2v) is 4.47.